The summed E-state index contributed by atoms with van der Waals surface area (Å²) in [5.74, 6) is 0.497. The highest BCUT2D eigenvalue weighted by molar-refractivity contribution is 7.98. The predicted molar refractivity (Wildman–Crippen MR) is 97.8 cm³/mol. The first-order valence-electron chi connectivity index (χ1n) is 7.26. The topological polar surface area (TPSA) is 78.0 Å². The maximum absolute atomic E-state index is 12.2. The molecule has 0 aliphatic carbocycles. The summed E-state index contributed by atoms with van der Waals surface area (Å²) in [5, 5.41) is 15.0. The summed E-state index contributed by atoms with van der Waals surface area (Å²) < 4.78 is 3.23. The van der Waals surface area contributed by atoms with Crippen molar-refractivity contribution in [1.82, 2.24) is 29.6 Å². The maximum Gasteiger partial charge on any atom is 0.258 e. The van der Waals surface area contributed by atoms with E-state index in [0.29, 0.717) is 26.6 Å². The van der Waals surface area contributed by atoms with Crippen LogP contribution in [0.3, 0.4) is 0 Å². The van der Waals surface area contributed by atoms with Crippen LogP contribution in [0.2, 0.25) is 5.02 Å². The fourth-order valence-corrected chi connectivity index (χ4v) is 4.13. The number of fused-ring (bicyclic) bond motifs is 1. The molecule has 3 aromatic heterocycles. The van der Waals surface area contributed by atoms with E-state index in [4.69, 9.17) is 11.6 Å². The zero-order chi connectivity index (χ0) is 17.4. The Labute approximate surface area is 155 Å². The van der Waals surface area contributed by atoms with Gasteiger partial charge in [0.2, 0.25) is 5.16 Å². The molecule has 0 aliphatic rings. The fraction of sp³-hybridized carbons (Fsp3) is 0.133. The number of rotatable bonds is 4. The number of benzene rings is 1. The molecule has 0 amide bonds. The summed E-state index contributed by atoms with van der Waals surface area (Å²) in [5.41, 5.74) is 2.33. The van der Waals surface area contributed by atoms with E-state index in [-0.39, 0.29) is 5.56 Å². The Kier molecular flexibility index (Phi) is 4.28. The second kappa shape index (κ2) is 6.58. The van der Waals surface area contributed by atoms with Crippen LogP contribution in [0, 0.1) is 6.92 Å². The molecule has 0 unspecified atom stereocenters. The van der Waals surface area contributed by atoms with Crippen LogP contribution in [0.1, 0.15) is 11.4 Å². The molecule has 0 aliphatic heterocycles. The van der Waals surface area contributed by atoms with E-state index in [2.05, 4.69) is 20.5 Å². The van der Waals surface area contributed by atoms with Crippen LogP contribution < -0.4 is 5.56 Å². The number of hydrogen-bond donors (Lipinski definition) is 0. The number of aryl methyl sites for hydroxylation is 1. The number of halogens is 1. The summed E-state index contributed by atoms with van der Waals surface area (Å²) in [7, 11) is 0. The average molecular weight is 391 g/mol. The first kappa shape index (κ1) is 16.2. The number of tetrazole rings is 1. The standard InChI is InChI=1S/C15H11ClN6OS2/c1-9-7-24-14-17-11(6-13(23)21(9)14)8-25-15-18-19-20-22(15)12-4-2-10(16)3-5-12/h2-7H,8H2,1H3. The highest BCUT2D eigenvalue weighted by Crippen LogP contribution is 2.23. The Morgan fingerprint density at radius 2 is 2.08 bits per heavy atom. The van der Waals surface area contributed by atoms with Gasteiger partial charge in [-0.1, -0.05) is 23.4 Å². The van der Waals surface area contributed by atoms with E-state index in [9.17, 15) is 4.79 Å². The second-order valence-electron chi connectivity index (χ2n) is 5.22. The van der Waals surface area contributed by atoms with Gasteiger partial charge in [-0.25, -0.2) is 4.98 Å². The summed E-state index contributed by atoms with van der Waals surface area (Å²) in [6.07, 6.45) is 0. The van der Waals surface area contributed by atoms with Crippen molar-refractivity contribution in [2.24, 2.45) is 0 Å². The van der Waals surface area contributed by atoms with Gasteiger partial charge in [-0.2, -0.15) is 4.68 Å². The lowest BCUT2D eigenvalue weighted by Gasteiger charge is -2.04. The van der Waals surface area contributed by atoms with Gasteiger partial charge in [-0.15, -0.1) is 16.4 Å². The Morgan fingerprint density at radius 3 is 2.88 bits per heavy atom. The Bertz CT molecular complexity index is 1100. The van der Waals surface area contributed by atoms with Crippen molar-refractivity contribution in [3.05, 3.63) is 62.5 Å². The number of aromatic nitrogens is 6. The molecule has 0 fully saturated rings. The molecule has 0 N–H and O–H groups in total. The SMILES string of the molecule is Cc1csc2nc(CSc3nnnn3-c3ccc(Cl)cc3)cc(=O)n12. The van der Waals surface area contributed by atoms with Crippen molar-refractivity contribution in [3.63, 3.8) is 0 Å². The average Bonchev–Trinajstić information content (AvgIpc) is 3.21. The molecular weight excluding hydrogens is 380 g/mol. The van der Waals surface area contributed by atoms with Crippen molar-refractivity contribution in [3.8, 4) is 5.69 Å². The van der Waals surface area contributed by atoms with Gasteiger partial charge in [0.25, 0.3) is 5.56 Å². The minimum absolute atomic E-state index is 0.0726. The maximum atomic E-state index is 12.2. The lowest BCUT2D eigenvalue weighted by atomic mass is 10.3. The van der Waals surface area contributed by atoms with Gasteiger partial charge in [0.1, 0.15) is 0 Å². The van der Waals surface area contributed by atoms with Crippen LogP contribution in [-0.4, -0.2) is 29.6 Å². The van der Waals surface area contributed by atoms with Crippen LogP contribution in [0.5, 0.6) is 0 Å². The third kappa shape index (κ3) is 3.17. The van der Waals surface area contributed by atoms with Gasteiger partial charge in [-0.3, -0.25) is 9.20 Å². The van der Waals surface area contributed by atoms with Crippen molar-refractivity contribution >= 4 is 39.7 Å². The molecule has 0 saturated carbocycles. The normalized spacial score (nSPS) is 11.3. The Morgan fingerprint density at radius 1 is 1.28 bits per heavy atom. The molecule has 0 radical (unpaired) electrons. The molecule has 126 valence electrons. The third-order valence-electron chi connectivity index (χ3n) is 3.49. The van der Waals surface area contributed by atoms with Crippen LogP contribution in [0.15, 0.2) is 45.7 Å². The van der Waals surface area contributed by atoms with Gasteiger partial charge in [0.15, 0.2) is 4.96 Å². The lowest BCUT2D eigenvalue weighted by molar-refractivity contribution is 0.756. The molecule has 10 heteroatoms. The predicted octanol–water partition coefficient (Wildman–Crippen LogP) is 2.99. The van der Waals surface area contributed by atoms with Gasteiger partial charge >= 0.3 is 0 Å². The molecule has 7 nitrogen and oxygen atoms in total. The summed E-state index contributed by atoms with van der Waals surface area (Å²) >= 11 is 8.78. The van der Waals surface area contributed by atoms with Crippen molar-refractivity contribution in [2.75, 3.05) is 0 Å². The van der Waals surface area contributed by atoms with Gasteiger partial charge in [0.05, 0.1) is 11.4 Å². The zero-order valence-electron chi connectivity index (χ0n) is 13.0. The van der Waals surface area contributed by atoms with Crippen LogP contribution >= 0.6 is 34.7 Å². The largest absolute Gasteiger partial charge is 0.269 e. The summed E-state index contributed by atoms with van der Waals surface area (Å²) in [4.78, 5) is 17.5. The molecule has 4 aromatic rings. The molecule has 4 rings (SSSR count). The molecule has 0 saturated heterocycles. The van der Waals surface area contributed by atoms with Crippen LogP contribution in [-0.2, 0) is 5.75 Å². The van der Waals surface area contributed by atoms with Crippen LogP contribution in [0.4, 0.5) is 0 Å². The monoisotopic (exact) mass is 390 g/mol. The molecule has 0 spiro atoms. The number of thioether (sulfide) groups is 1. The van der Waals surface area contributed by atoms with E-state index in [1.54, 1.807) is 27.3 Å². The summed E-state index contributed by atoms with van der Waals surface area (Å²) in [6, 6.07) is 8.79. The van der Waals surface area contributed by atoms with Gasteiger partial charge < -0.3 is 0 Å². The van der Waals surface area contributed by atoms with Gasteiger partial charge in [0, 0.05) is 27.9 Å². The minimum Gasteiger partial charge on any atom is -0.269 e. The van der Waals surface area contributed by atoms with Crippen molar-refractivity contribution in [1.29, 1.82) is 0 Å². The number of thiazole rings is 1. The third-order valence-corrected chi connectivity index (χ3v) is 5.64. The van der Waals surface area contributed by atoms with Gasteiger partial charge in [-0.05, 0) is 41.6 Å². The lowest BCUT2D eigenvalue weighted by Crippen LogP contribution is -2.14. The molecule has 3 heterocycles. The molecule has 25 heavy (non-hydrogen) atoms. The molecule has 0 bridgehead atoms. The Balaban J connectivity index is 1.59. The van der Waals surface area contributed by atoms with E-state index >= 15 is 0 Å². The van der Waals surface area contributed by atoms with Crippen molar-refractivity contribution < 1.29 is 0 Å². The fourth-order valence-electron chi connectivity index (χ4n) is 2.33. The second-order valence-corrected chi connectivity index (χ2v) is 7.43. The number of nitrogens with zero attached hydrogens (tertiary/aromatic N) is 6. The smallest absolute Gasteiger partial charge is 0.258 e. The quantitative estimate of drug-likeness (QED) is 0.498. The molecular formula is C15H11ClN6OS2. The first-order chi connectivity index (χ1) is 12.1. The number of hydrogen-bond acceptors (Lipinski definition) is 7. The van der Waals surface area contributed by atoms with E-state index < -0.39 is 0 Å². The highest BCUT2D eigenvalue weighted by atomic mass is 35.5. The summed E-state index contributed by atoms with van der Waals surface area (Å²) in [6.45, 7) is 1.89. The molecule has 1 aromatic carbocycles. The van der Waals surface area contributed by atoms with Crippen molar-refractivity contribution in [2.45, 2.75) is 17.8 Å². The minimum atomic E-state index is -0.0726. The molecule has 0 atom stereocenters. The highest BCUT2D eigenvalue weighted by Gasteiger charge is 2.11. The van der Waals surface area contributed by atoms with E-state index in [1.807, 2.05) is 24.4 Å². The van der Waals surface area contributed by atoms with Crippen LogP contribution in [0.25, 0.3) is 10.6 Å². The van der Waals surface area contributed by atoms with E-state index in [0.717, 1.165) is 11.4 Å². The zero-order valence-corrected chi connectivity index (χ0v) is 15.3. The van der Waals surface area contributed by atoms with E-state index in [1.165, 1.54) is 23.1 Å². The Hall–Kier alpha value is -2.23. The first-order valence-corrected chi connectivity index (χ1v) is 9.50.